The molecule has 0 aliphatic rings. The zero-order chi connectivity index (χ0) is 21.3. The number of nitrogens with zero attached hydrogens (tertiary/aromatic N) is 1. The van der Waals surface area contributed by atoms with Crippen molar-refractivity contribution < 1.29 is 9.53 Å². The average Bonchev–Trinajstić information content (AvgIpc) is 2.77. The van der Waals surface area contributed by atoms with Crippen molar-refractivity contribution in [2.24, 2.45) is 5.10 Å². The van der Waals surface area contributed by atoms with Gasteiger partial charge in [0.15, 0.2) is 6.61 Å². The van der Waals surface area contributed by atoms with Gasteiger partial charge in [-0.3, -0.25) is 4.79 Å². The minimum Gasteiger partial charge on any atom is -0.484 e. The van der Waals surface area contributed by atoms with Gasteiger partial charge in [-0.25, -0.2) is 5.43 Å². The number of hydrogen-bond donors (Lipinski definition) is 1. The summed E-state index contributed by atoms with van der Waals surface area (Å²) in [5, 5.41) is 5.00. The van der Waals surface area contributed by atoms with Crippen LogP contribution < -0.4 is 10.2 Å². The third-order valence-corrected chi connectivity index (χ3v) is 4.98. The molecule has 0 radical (unpaired) electrons. The Labute approximate surface area is 181 Å². The van der Waals surface area contributed by atoms with Gasteiger partial charge >= 0.3 is 0 Å². The Kier molecular flexibility index (Phi) is 7.41. The Morgan fingerprint density at radius 2 is 1.60 bits per heavy atom. The van der Waals surface area contributed by atoms with Crippen molar-refractivity contribution in [1.82, 2.24) is 5.43 Å². The van der Waals surface area contributed by atoms with E-state index in [1.54, 1.807) is 0 Å². The molecule has 0 aliphatic carbocycles. The summed E-state index contributed by atoms with van der Waals surface area (Å²) in [6.07, 6.45) is 3.82. The first kappa shape index (κ1) is 21.3. The molecule has 30 heavy (non-hydrogen) atoms. The van der Waals surface area contributed by atoms with Crippen LogP contribution in [0.5, 0.6) is 5.75 Å². The van der Waals surface area contributed by atoms with E-state index < -0.39 is 0 Å². The van der Waals surface area contributed by atoms with Gasteiger partial charge in [-0.2, -0.15) is 5.10 Å². The second-order valence-electron chi connectivity index (χ2n) is 6.80. The van der Waals surface area contributed by atoms with Gasteiger partial charge in [0.1, 0.15) is 5.75 Å². The number of carbonyl (C=O) groups is 1. The molecule has 0 saturated heterocycles. The van der Waals surface area contributed by atoms with E-state index in [0.29, 0.717) is 16.5 Å². The van der Waals surface area contributed by atoms with E-state index in [1.165, 1.54) is 0 Å². The van der Waals surface area contributed by atoms with Gasteiger partial charge in [0.05, 0.1) is 5.71 Å². The topological polar surface area (TPSA) is 50.7 Å². The van der Waals surface area contributed by atoms with E-state index in [4.69, 9.17) is 16.3 Å². The van der Waals surface area contributed by atoms with Crippen molar-refractivity contribution in [2.45, 2.75) is 13.8 Å². The maximum Gasteiger partial charge on any atom is 0.277 e. The number of hydrogen-bond acceptors (Lipinski definition) is 3. The number of rotatable bonds is 7. The summed E-state index contributed by atoms with van der Waals surface area (Å²) in [5.74, 6) is 0.252. The van der Waals surface area contributed by atoms with Crippen LogP contribution in [0, 0.1) is 13.8 Å². The van der Waals surface area contributed by atoms with Crippen LogP contribution in [0.1, 0.15) is 22.3 Å². The molecule has 0 unspecified atom stereocenters. The average molecular weight is 419 g/mol. The number of ether oxygens (including phenoxy) is 1. The largest absolute Gasteiger partial charge is 0.484 e. The SMILES string of the molecule is Cc1cc(OCC(=O)NN=C(C=Cc2ccccc2)c2ccccc2)cc(C)c1Cl. The predicted molar refractivity (Wildman–Crippen MR) is 123 cm³/mol. The third-order valence-electron chi connectivity index (χ3n) is 4.38. The van der Waals surface area contributed by atoms with Crippen molar-refractivity contribution >= 4 is 29.3 Å². The number of allylic oxidation sites excluding steroid dienone is 1. The van der Waals surface area contributed by atoms with Crippen molar-refractivity contribution in [3.05, 3.63) is 106 Å². The Balaban J connectivity index is 1.69. The highest BCUT2D eigenvalue weighted by Gasteiger charge is 2.07. The molecular formula is C25H23ClN2O2. The van der Waals surface area contributed by atoms with Crippen molar-refractivity contribution in [3.63, 3.8) is 0 Å². The van der Waals surface area contributed by atoms with Gasteiger partial charge < -0.3 is 4.74 Å². The van der Waals surface area contributed by atoms with E-state index in [-0.39, 0.29) is 12.5 Å². The Bertz CT molecular complexity index is 1040. The van der Waals surface area contributed by atoms with Crippen molar-refractivity contribution in [2.75, 3.05) is 6.61 Å². The zero-order valence-electron chi connectivity index (χ0n) is 16.9. The number of hydrazone groups is 1. The van der Waals surface area contributed by atoms with Gasteiger partial charge in [-0.1, -0.05) is 78.3 Å². The third kappa shape index (κ3) is 6.06. The summed E-state index contributed by atoms with van der Waals surface area (Å²) in [4.78, 5) is 12.3. The molecule has 0 spiro atoms. The van der Waals surface area contributed by atoms with Gasteiger partial charge in [0.25, 0.3) is 5.91 Å². The van der Waals surface area contributed by atoms with Crippen LogP contribution in [-0.4, -0.2) is 18.2 Å². The van der Waals surface area contributed by atoms with E-state index in [2.05, 4.69) is 10.5 Å². The number of carbonyl (C=O) groups excluding carboxylic acids is 1. The molecule has 0 bridgehead atoms. The normalized spacial score (nSPS) is 11.5. The maximum absolute atomic E-state index is 12.3. The lowest BCUT2D eigenvalue weighted by Crippen LogP contribution is -2.25. The molecular weight excluding hydrogens is 396 g/mol. The lowest BCUT2D eigenvalue weighted by atomic mass is 10.1. The van der Waals surface area contributed by atoms with E-state index >= 15 is 0 Å². The van der Waals surface area contributed by atoms with E-state index in [0.717, 1.165) is 22.3 Å². The van der Waals surface area contributed by atoms with E-state index in [9.17, 15) is 4.79 Å². The highest BCUT2D eigenvalue weighted by atomic mass is 35.5. The van der Waals surface area contributed by atoms with Crippen LogP contribution in [-0.2, 0) is 4.79 Å². The molecule has 5 heteroatoms. The van der Waals surface area contributed by atoms with Crippen LogP contribution in [0.15, 0.2) is 84.0 Å². The zero-order valence-corrected chi connectivity index (χ0v) is 17.7. The minimum absolute atomic E-state index is 0.144. The van der Waals surface area contributed by atoms with Crippen molar-refractivity contribution in [3.8, 4) is 5.75 Å². The predicted octanol–water partition coefficient (Wildman–Crippen LogP) is 5.57. The monoisotopic (exact) mass is 418 g/mol. The molecule has 0 fully saturated rings. The molecule has 3 rings (SSSR count). The Hall–Kier alpha value is -3.37. The van der Waals surface area contributed by atoms with Gasteiger partial charge in [0.2, 0.25) is 0 Å². The lowest BCUT2D eigenvalue weighted by Gasteiger charge is -2.09. The Morgan fingerprint density at radius 3 is 2.23 bits per heavy atom. The molecule has 3 aromatic carbocycles. The molecule has 0 aliphatic heterocycles. The summed E-state index contributed by atoms with van der Waals surface area (Å²) >= 11 is 6.17. The molecule has 3 aromatic rings. The number of nitrogens with one attached hydrogen (secondary N) is 1. The summed E-state index contributed by atoms with van der Waals surface area (Å²) in [6, 6.07) is 23.2. The fourth-order valence-corrected chi connectivity index (χ4v) is 2.95. The first-order valence-corrected chi connectivity index (χ1v) is 9.95. The number of benzene rings is 3. The molecule has 152 valence electrons. The quantitative estimate of drug-likeness (QED) is 0.403. The summed E-state index contributed by atoms with van der Waals surface area (Å²) < 4.78 is 5.59. The smallest absolute Gasteiger partial charge is 0.277 e. The number of amides is 1. The second-order valence-corrected chi connectivity index (χ2v) is 7.18. The minimum atomic E-state index is -0.346. The van der Waals surface area contributed by atoms with Gasteiger partial charge in [0, 0.05) is 10.6 Å². The summed E-state index contributed by atoms with van der Waals surface area (Å²) in [5.41, 5.74) is 6.97. The Morgan fingerprint density at radius 1 is 1.00 bits per heavy atom. The first-order valence-electron chi connectivity index (χ1n) is 9.57. The number of halogens is 1. The van der Waals surface area contributed by atoms with Crippen molar-refractivity contribution in [1.29, 1.82) is 0 Å². The molecule has 0 saturated carbocycles. The first-order chi connectivity index (χ1) is 14.5. The number of aryl methyl sites for hydroxylation is 2. The van der Waals surface area contributed by atoms with Crippen LogP contribution in [0.2, 0.25) is 5.02 Å². The molecule has 4 nitrogen and oxygen atoms in total. The molecule has 0 aromatic heterocycles. The van der Waals surface area contributed by atoms with Crippen LogP contribution >= 0.6 is 11.6 Å². The molecule has 1 amide bonds. The fraction of sp³-hybridized carbons (Fsp3) is 0.120. The lowest BCUT2D eigenvalue weighted by molar-refractivity contribution is -0.123. The van der Waals surface area contributed by atoms with Crippen LogP contribution in [0.3, 0.4) is 0 Å². The van der Waals surface area contributed by atoms with Gasteiger partial charge in [-0.15, -0.1) is 0 Å². The van der Waals surface area contributed by atoms with Crippen LogP contribution in [0.25, 0.3) is 6.08 Å². The van der Waals surface area contributed by atoms with E-state index in [1.807, 2.05) is 98.8 Å². The van der Waals surface area contributed by atoms with Crippen LogP contribution in [0.4, 0.5) is 0 Å². The highest BCUT2D eigenvalue weighted by molar-refractivity contribution is 6.32. The summed E-state index contributed by atoms with van der Waals surface area (Å²) in [6.45, 7) is 3.66. The summed E-state index contributed by atoms with van der Waals surface area (Å²) in [7, 11) is 0. The second kappa shape index (κ2) is 10.4. The van der Waals surface area contributed by atoms with Gasteiger partial charge in [-0.05, 0) is 48.7 Å². The fourth-order valence-electron chi connectivity index (χ4n) is 2.84. The maximum atomic E-state index is 12.3. The molecule has 1 N–H and O–H groups in total. The highest BCUT2D eigenvalue weighted by Crippen LogP contribution is 2.25. The molecule has 0 atom stereocenters. The standard InChI is InChI=1S/C25H23ClN2O2/c1-18-15-22(16-19(2)25(18)26)30-17-24(29)28-27-23(21-11-7-4-8-12-21)14-13-20-9-5-3-6-10-20/h3-16H,17H2,1-2H3,(H,28,29). The molecule has 0 heterocycles.